The van der Waals surface area contributed by atoms with Crippen LogP contribution in [0.1, 0.15) is 42.5 Å². The third kappa shape index (κ3) is 3.40. The van der Waals surface area contributed by atoms with Crippen molar-refractivity contribution in [3.63, 3.8) is 0 Å². The van der Waals surface area contributed by atoms with Gasteiger partial charge in [-0.05, 0) is 37.0 Å². The molecule has 1 aliphatic heterocycles. The first kappa shape index (κ1) is 19.5. The summed E-state index contributed by atoms with van der Waals surface area (Å²) in [6, 6.07) is 10.3. The van der Waals surface area contributed by atoms with Gasteiger partial charge in [-0.1, -0.05) is 36.6 Å². The number of hydrogen-bond acceptors (Lipinski definition) is 5. The smallest absolute Gasteiger partial charge is 0.295 e. The largest absolute Gasteiger partial charge is 0.367 e. The highest BCUT2D eigenvalue weighted by atomic mass is 16.5. The number of hydrogen-bond donors (Lipinski definition) is 1. The van der Waals surface area contributed by atoms with Crippen molar-refractivity contribution in [2.24, 2.45) is 11.8 Å². The second-order valence-electron chi connectivity index (χ2n) is 8.30. The summed E-state index contributed by atoms with van der Waals surface area (Å²) >= 11 is 0. The molecule has 3 heterocycles. The van der Waals surface area contributed by atoms with Crippen LogP contribution in [0.5, 0.6) is 0 Å². The summed E-state index contributed by atoms with van der Waals surface area (Å²) in [5.74, 6) is -2.34. The first-order chi connectivity index (χ1) is 15.1. The van der Waals surface area contributed by atoms with Crippen molar-refractivity contribution in [3.05, 3.63) is 60.6 Å². The zero-order valence-corrected chi connectivity index (χ0v) is 17.0. The normalized spacial score (nSPS) is 22.3. The molecule has 2 atom stereocenters. The fraction of sp³-hybridized carbons (Fsp3) is 0.333. The number of nitrogens with one attached hydrogen (secondary N) is 1. The molecule has 2 aliphatic rings. The number of H-pyrrole nitrogens is 1. The van der Waals surface area contributed by atoms with Gasteiger partial charge in [0.15, 0.2) is 5.78 Å². The van der Waals surface area contributed by atoms with E-state index in [1.54, 1.807) is 29.4 Å². The predicted octanol–water partition coefficient (Wildman–Crippen LogP) is 4.03. The maximum atomic E-state index is 13.3. The number of carbonyl (C=O) groups excluding carboxylic acids is 3. The van der Waals surface area contributed by atoms with Crippen molar-refractivity contribution in [2.45, 2.75) is 38.1 Å². The molecule has 1 saturated heterocycles. The lowest BCUT2D eigenvalue weighted by atomic mass is 9.76. The van der Waals surface area contributed by atoms with Crippen LogP contribution in [0, 0.1) is 11.8 Å². The number of Topliss-reactive ketones (excluding diaryl/α,β-unsaturated/α-hetero) is 2. The van der Waals surface area contributed by atoms with E-state index in [9.17, 15) is 14.4 Å². The topological polar surface area (TPSA) is 96.3 Å². The number of nitrogens with zero attached hydrogens (tertiary/aromatic N) is 2. The highest BCUT2D eigenvalue weighted by Gasteiger charge is 2.54. The molecular formula is C24H23N3O4. The highest BCUT2D eigenvalue weighted by Crippen LogP contribution is 2.40. The fourth-order valence-corrected chi connectivity index (χ4v) is 5.02. The van der Waals surface area contributed by atoms with E-state index in [1.807, 2.05) is 24.3 Å². The van der Waals surface area contributed by atoms with Gasteiger partial charge < -0.3 is 14.4 Å². The summed E-state index contributed by atoms with van der Waals surface area (Å²) in [6.07, 6.45) is 9.82. The number of carbonyl (C=O) groups is 3. The quantitative estimate of drug-likeness (QED) is 0.384. The number of ketones is 2. The van der Waals surface area contributed by atoms with Crippen LogP contribution in [0.15, 0.2) is 59.6 Å². The number of benzene rings is 1. The van der Waals surface area contributed by atoms with Crippen LogP contribution in [0.25, 0.3) is 11.3 Å². The number of aromatic nitrogens is 2. The SMILES string of the molecule is O=C1C(=O)N(c2ccc(-c3ccon3)cc2)C(C2CCCCC2)C1C(=O)c1cc[nH]c1. The van der Waals surface area contributed by atoms with E-state index in [0.717, 1.165) is 37.7 Å². The first-order valence-electron chi connectivity index (χ1n) is 10.7. The van der Waals surface area contributed by atoms with Gasteiger partial charge in [0.1, 0.15) is 17.9 Å². The number of aromatic amines is 1. The van der Waals surface area contributed by atoms with E-state index in [-0.39, 0.29) is 11.7 Å². The maximum absolute atomic E-state index is 13.3. The molecule has 0 bridgehead atoms. The minimum atomic E-state index is -0.971. The van der Waals surface area contributed by atoms with Crippen LogP contribution >= 0.6 is 0 Å². The van der Waals surface area contributed by atoms with Crippen LogP contribution in [0.3, 0.4) is 0 Å². The minimum absolute atomic E-state index is 0.118. The highest BCUT2D eigenvalue weighted by molar-refractivity contribution is 6.49. The molecular weight excluding hydrogens is 394 g/mol. The van der Waals surface area contributed by atoms with Crippen LogP contribution < -0.4 is 4.90 Å². The molecule has 1 saturated carbocycles. The van der Waals surface area contributed by atoms with E-state index < -0.39 is 23.7 Å². The van der Waals surface area contributed by atoms with Crippen molar-refractivity contribution in [1.29, 1.82) is 0 Å². The Hall–Kier alpha value is -3.48. The molecule has 7 nitrogen and oxygen atoms in total. The standard InChI is InChI=1S/C24H23N3O4/c28-22(17-10-12-25-14-17)20-21(16-4-2-1-3-5-16)27(24(30)23(20)29)18-8-6-15(7-9-18)19-11-13-31-26-19/h6-14,16,20-21,25H,1-5H2. The number of anilines is 1. The van der Waals surface area contributed by atoms with Gasteiger partial charge in [0, 0.05) is 35.3 Å². The van der Waals surface area contributed by atoms with Gasteiger partial charge in [-0.2, -0.15) is 0 Å². The average molecular weight is 417 g/mol. The van der Waals surface area contributed by atoms with Gasteiger partial charge in [-0.3, -0.25) is 14.4 Å². The summed E-state index contributed by atoms with van der Waals surface area (Å²) in [5.41, 5.74) is 2.62. The Labute approximate surface area is 179 Å². The Morgan fingerprint density at radius 1 is 1.03 bits per heavy atom. The summed E-state index contributed by atoms with van der Waals surface area (Å²) in [6.45, 7) is 0. The molecule has 1 aromatic carbocycles. The molecule has 1 amide bonds. The second-order valence-corrected chi connectivity index (χ2v) is 8.30. The van der Waals surface area contributed by atoms with Gasteiger partial charge in [-0.25, -0.2) is 0 Å². The van der Waals surface area contributed by atoms with E-state index in [2.05, 4.69) is 10.1 Å². The molecule has 31 heavy (non-hydrogen) atoms. The van der Waals surface area contributed by atoms with Crippen molar-refractivity contribution in [2.75, 3.05) is 4.90 Å². The maximum Gasteiger partial charge on any atom is 0.295 e. The van der Waals surface area contributed by atoms with E-state index in [1.165, 1.54) is 6.26 Å². The molecule has 7 heteroatoms. The fourth-order valence-electron chi connectivity index (χ4n) is 5.02. The molecule has 5 rings (SSSR count). The second kappa shape index (κ2) is 7.98. The van der Waals surface area contributed by atoms with Crippen LogP contribution in [0.4, 0.5) is 5.69 Å². The molecule has 2 unspecified atom stereocenters. The van der Waals surface area contributed by atoms with Crippen LogP contribution in [-0.2, 0) is 9.59 Å². The number of rotatable bonds is 5. The predicted molar refractivity (Wildman–Crippen MR) is 113 cm³/mol. The number of amides is 1. The lowest BCUT2D eigenvalue weighted by Gasteiger charge is -2.35. The van der Waals surface area contributed by atoms with Gasteiger partial charge in [0.2, 0.25) is 5.78 Å². The summed E-state index contributed by atoms with van der Waals surface area (Å²) < 4.78 is 4.90. The van der Waals surface area contributed by atoms with Gasteiger partial charge in [-0.15, -0.1) is 0 Å². The van der Waals surface area contributed by atoms with Crippen molar-refractivity contribution >= 4 is 23.2 Å². The molecule has 2 aromatic heterocycles. The Morgan fingerprint density at radius 3 is 2.45 bits per heavy atom. The molecule has 0 radical (unpaired) electrons. The van der Waals surface area contributed by atoms with E-state index in [4.69, 9.17) is 4.52 Å². The monoisotopic (exact) mass is 417 g/mol. The third-order valence-corrected chi connectivity index (χ3v) is 6.53. The molecule has 2 fully saturated rings. The van der Waals surface area contributed by atoms with Crippen molar-refractivity contribution < 1.29 is 18.9 Å². The summed E-state index contributed by atoms with van der Waals surface area (Å²) in [5, 5.41) is 3.94. The van der Waals surface area contributed by atoms with Crippen molar-refractivity contribution in [1.82, 2.24) is 10.1 Å². The van der Waals surface area contributed by atoms with Gasteiger partial charge in [0.25, 0.3) is 5.91 Å². The Kier molecular flexibility index (Phi) is 5.02. The summed E-state index contributed by atoms with van der Waals surface area (Å²) in [7, 11) is 0. The molecule has 1 N–H and O–H groups in total. The van der Waals surface area contributed by atoms with Gasteiger partial charge in [0.05, 0.1) is 6.04 Å². The first-order valence-corrected chi connectivity index (χ1v) is 10.7. The third-order valence-electron chi connectivity index (χ3n) is 6.53. The summed E-state index contributed by atoms with van der Waals surface area (Å²) in [4.78, 5) is 43.9. The molecule has 158 valence electrons. The van der Waals surface area contributed by atoms with Crippen LogP contribution in [-0.4, -0.2) is 33.7 Å². The molecule has 3 aromatic rings. The van der Waals surface area contributed by atoms with E-state index in [0.29, 0.717) is 16.9 Å². The average Bonchev–Trinajstić information content (AvgIpc) is 3.57. The molecule has 0 spiro atoms. The minimum Gasteiger partial charge on any atom is -0.367 e. The van der Waals surface area contributed by atoms with E-state index >= 15 is 0 Å². The van der Waals surface area contributed by atoms with Gasteiger partial charge >= 0.3 is 0 Å². The van der Waals surface area contributed by atoms with Crippen LogP contribution in [0.2, 0.25) is 0 Å². The lowest BCUT2D eigenvalue weighted by molar-refractivity contribution is -0.135. The Balaban J connectivity index is 1.53. The van der Waals surface area contributed by atoms with Crippen molar-refractivity contribution in [3.8, 4) is 11.3 Å². The lowest BCUT2D eigenvalue weighted by Crippen LogP contribution is -2.43. The Bertz CT molecular complexity index is 1080. The zero-order chi connectivity index (χ0) is 21.4. The Morgan fingerprint density at radius 2 is 1.81 bits per heavy atom. The zero-order valence-electron chi connectivity index (χ0n) is 17.0. The molecule has 1 aliphatic carbocycles.